The van der Waals surface area contributed by atoms with Crippen molar-refractivity contribution in [2.24, 2.45) is 5.14 Å². The van der Waals surface area contributed by atoms with Gasteiger partial charge in [-0.05, 0) is 38.5 Å². The molecule has 0 aliphatic rings. The maximum Gasteiger partial charge on any atom is 0.225 e. The van der Waals surface area contributed by atoms with E-state index in [-0.39, 0.29) is 17.2 Å². The Morgan fingerprint density at radius 1 is 1.19 bits per heavy atom. The summed E-state index contributed by atoms with van der Waals surface area (Å²) >= 11 is 0. The minimum absolute atomic E-state index is 0.0182. The molecule has 7 heteroatoms. The van der Waals surface area contributed by atoms with Crippen LogP contribution in [0.4, 0.5) is 5.69 Å². The highest BCUT2D eigenvalue weighted by Gasteiger charge is 2.10. The van der Waals surface area contributed by atoms with E-state index >= 15 is 0 Å². The molecule has 0 fully saturated rings. The Hall–Kier alpha value is -1.44. The molecule has 118 valence electrons. The summed E-state index contributed by atoms with van der Waals surface area (Å²) in [6.07, 6.45) is 0.371. The Morgan fingerprint density at radius 3 is 2.24 bits per heavy atom. The average Bonchev–Trinajstić information content (AvgIpc) is 2.28. The number of nitrogens with one attached hydrogen (secondary N) is 2. The Labute approximate surface area is 126 Å². The van der Waals surface area contributed by atoms with E-state index in [0.717, 1.165) is 0 Å². The summed E-state index contributed by atoms with van der Waals surface area (Å²) in [6, 6.07) is 6.59. The number of amides is 1. The van der Waals surface area contributed by atoms with E-state index in [1.165, 1.54) is 0 Å². The maximum absolute atomic E-state index is 11.7. The van der Waals surface area contributed by atoms with Gasteiger partial charge < -0.3 is 10.6 Å². The van der Waals surface area contributed by atoms with Crippen molar-refractivity contribution < 1.29 is 13.2 Å². The van der Waals surface area contributed by atoms with Crippen LogP contribution in [0.15, 0.2) is 24.3 Å². The highest BCUT2D eigenvalue weighted by atomic mass is 32.2. The van der Waals surface area contributed by atoms with Crippen LogP contribution in [0.5, 0.6) is 0 Å². The van der Waals surface area contributed by atoms with Crippen molar-refractivity contribution in [3.8, 4) is 0 Å². The van der Waals surface area contributed by atoms with Gasteiger partial charge in [-0.1, -0.05) is 12.1 Å². The Morgan fingerprint density at radius 2 is 1.76 bits per heavy atom. The van der Waals surface area contributed by atoms with Crippen molar-refractivity contribution >= 4 is 21.6 Å². The average molecular weight is 313 g/mol. The molecule has 1 amide bonds. The molecular formula is C14H23N3O3S. The first-order valence-electron chi connectivity index (χ1n) is 6.69. The molecule has 0 heterocycles. The first kappa shape index (κ1) is 17.6. The second kappa shape index (κ2) is 7.02. The van der Waals surface area contributed by atoms with E-state index < -0.39 is 10.0 Å². The van der Waals surface area contributed by atoms with Crippen LogP contribution in [-0.4, -0.2) is 26.4 Å². The molecule has 0 radical (unpaired) electrons. The van der Waals surface area contributed by atoms with Gasteiger partial charge in [0.05, 0.1) is 5.75 Å². The summed E-state index contributed by atoms with van der Waals surface area (Å²) in [4.78, 5) is 11.7. The summed E-state index contributed by atoms with van der Waals surface area (Å²) in [5.41, 5.74) is 1.20. The molecule has 1 rings (SSSR count). The third-order valence-electron chi connectivity index (χ3n) is 2.61. The quantitative estimate of drug-likeness (QED) is 0.734. The predicted octanol–water partition coefficient (Wildman–Crippen LogP) is 1.19. The normalized spacial score (nSPS) is 12.2. The number of carbonyl (C=O) groups excluding carboxylic acids is 1. The fraction of sp³-hybridized carbons (Fsp3) is 0.500. The van der Waals surface area contributed by atoms with Crippen molar-refractivity contribution in [3.63, 3.8) is 0 Å². The third-order valence-corrected chi connectivity index (χ3v) is 3.35. The summed E-state index contributed by atoms with van der Waals surface area (Å²) < 4.78 is 21.9. The van der Waals surface area contributed by atoms with Crippen LogP contribution in [-0.2, 0) is 20.6 Å². The van der Waals surface area contributed by atoms with Crippen molar-refractivity contribution in [1.29, 1.82) is 0 Å². The highest BCUT2D eigenvalue weighted by Crippen LogP contribution is 2.11. The number of anilines is 1. The molecule has 6 nitrogen and oxygen atoms in total. The fourth-order valence-electron chi connectivity index (χ4n) is 1.69. The Balaban J connectivity index is 2.46. The van der Waals surface area contributed by atoms with E-state index in [0.29, 0.717) is 24.2 Å². The molecule has 0 saturated carbocycles. The number of hydrogen-bond donors (Lipinski definition) is 3. The zero-order valence-electron chi connectivity index (χ0n) is 12.6. The van der Waals surface area contributed by atoms with E-state index in [1.807, 2.05) is 20.8 Å². The van der Waals surface area contributed by atoms with Crippen molar-refractivity contribution in [3.05, 3.63) is 29.8 Å². The topological polar surface area (TPSA) is 101 Å². The molecule has 0 aromatic heterocycles. The van der Waals surface area contributed by atoms with E-state index in [1.54, 1.807) is 24.3 Å². The lowest BCUT2D eigenvalue weighted by Gasteiger charge is -2.20. The van der Waals surface area contributed by atoms with Gasteiger partial charge in [0.15, 0.2) is 0 Å². The minimum Gasteiger partial charge on any atom is -0.326 e. The monoisotopic (exact) mass is 313 g/mol. The van der Waals surface area contributed by atoms with Gasteiger partial charge in [-0.15, -0.1) is 0 Å². The van der Waals surface area contributed by atoms with E-state index in [2.05, 4.69) is 10.6 Å². The van der Waals surface area contributed by atoms with Crippen LogP contribution in [0.3, 0.4) is 0 Å². The number of carbonyl (C=O) groups is 1. The number of primary sulfonamides is 1. The van der Waals surface area contributed by atoms with Gasteiger partial charge in [-0.25, -0.2) is 13.6 Å². The van der Waals surface area contributed by atoms with Gasteiger partial charge in [0.1, 0.15) is 0 Å². The first-order chi connectivity index (χ1) is 9.55. The van der Waals surface area contributed by atoms with Gasteiger partial charge in [0.2, 0.25) is 15.9 Å². The molecular weight excluding hydrogens is 290 g/mol. The molecule has 1 aromatic carbocycles. The van der Waals surface area contributed by atoms with E-state index in [9.17, 15) is 13.2 Å². The van der Waals surface area contributed by atoms with Crippen molar-refractivity contribution in [2.75, 3.05) is 11.9 Å². The fourth-order valence-corrected chi connectivity index (χ4v) is 2.35. The summed E-state index contributed by atoms with van der Waals surface area (Å²) in [5.74, 6) is -0.303. The molecule has 1 aromatic rings. The number of hydrogen-bond acceptors (Lipinski definition) is 4. The highest BCUT2D eigenvalue weighted by molar-refractivity contribution is 7.88. The second-order valence-corrected chi connectivity index (χ2v) is 7.59. The van der Waals surface area contributed by atoms with Gasteiger partial charge in [0, 0.05) is 24.2 Å². The van der Waals surface area contributed by atoms with Crippen molar-refractivity contribution in [1.82, 2.24) is 5.32 Å². The zero-order chi connectivity index (χ0) is 16.1. The smallest absolute Gasteiger partial charge is 0.225 e. The molecule has 4 N–H and O–H groups in total. The van der Waals surface area contributed by atoms with Crippen LogP contribution in [0.1, 0.15) is 32.8 Å². The zero-order valence-corrected chi connectivity index (χ0v) is 13.5. The first-order valence-corrected chi connectivity index (χ1v) is 8.41. The van der Waals surface area contributed by atoms with Crippen LogP contribution < -0.4 is 15.8 Å². The van der Waals surface area contributed by atoms with Gasteiger partial charge in [-0.2, -0.15) is 0 Å². The molecule has 0 aliphatic heterocycles. The Bertz CT molecular complexity index is 574. The number of nitrogens with two attached hydrogens (primary N) is 1. The molecule has 0 saturated heterocycles. The maximum atomic E-state index is 11.7. The molecule has 0 bridgehead atoms. The van der Waals surface area contributed by atoms with Gasteiger partial charge >= 0.3 is 0 Å². The number of sulfonamides is 1. The lowest BCUT2D eigenvalue weighted by molar-refractivity contribution is -0.116. The standard InChI is InChI=1S/C14H23N3O3S/c1-14(2,3)16-9-8-13(18)17-12-6-4-11(5-7-12)10-21(15,19)20/h4-7,16H,8-10H2,1-3H3,(H,17,18)(H2,15,19,20). The summed E-state index contributed by atoms with van der Waals surface area (Å²) in [6.45, 7) is 6.71. The number of rotatable bonds is 6. The van der Waals surface area contributed by atoms with Crippen LogP contribution in [0.25, 0.3) is 0 Å². The second-order valence-electron chi connectivity index (χ2n) is 5.98. The van der Waals surface area contributed by atoms with Crippen molar-refractivity contribution in [2.45, 2.75) is 38.5 Å². The minimum atomic E-state index is -3.53. The van der Waals surface area contributed by atoms with Gasteiger partial charge in [0.25, 0.3) is 0 Å². The van der Waals surface area contributed by atoms with E-state index in [4.69, 9.17) is 5.14 Å². The number of benzene rings is 1. The summed E-state index contributed by atoms with van der Waals surface area (Å²) in [7, 11) is -3.53. The molecule has 0 unspecified atom stereocenters. The predicted molar refractivity (Wildman–Crippen MR) is 84.3 cm³/mol. The Kier molecular flexibility index (Phi) is 5.88. The third kappa shape index (κ3) is 8.44. The largest absolute Gasteiger partial charge is 0.326 e. The lowest BCUT2D eigenvalue weighted by atomic mass is 10.1. The SMILES string of the molecule is CC(C)(C)NCCC(=O)Nc1ccc(CS(N)(=O)=O)cc1. The molecule has 0 spiro atoms. The van der Waals surface area contributed by atoms with Crippen LogP contribution >= 0.6 is 0 Å². The molecule has 0 aliphatic carbocycles. The summed E-state index contributed by atoms with van der Waals surface area (Å²) in [5, 5.41) is 11.0. The van der Waals surface area contributed by atoms with Gasteiger partial charge in [-0.3, -0.25) is 4.79 Å². The lowest BCUT2D eigenvalue weighted by Crippen LogP contribution is -2.37. The molecule has 0 atom stereocenters. The van der Waals surface area contributed by atoms with Crippen LogP contribution in [0.2, 0.25) is 0 Å². The molecule has 21 heavy (non-hydrogen) atoms. The van der Waals surface area contributed by atoms with Crippen LogP contribution in [0, 0.1) is 0 Å².